The Balaban J connectivity index is 1.70. The highest BCUT2D eigenvalue weighted by Gasteiger charge is 2.59. The third-order valence-corrected chi connectivity index (χ3v) is 7.61. The van der Waals surface area contributed by atoms with Crippen molar-refractivity contribution in [3.8, 4) is 0 Å². The van der Waals surface area contributed by atoms with Crippen LogP contribution >= 0.6 is 11.8 Å². The first kappa shape index (κ1) is 20.8. The molecule has 3 heterocycles. The molecule has 0 aromatic heterocycles. The molecule has 0 aromatic rings. The van der Waals surface area contributed by atoms with E-state index in [0.717, 1.165) is 0 Å². The summed E-state index contributed by atoms with van der Waals surface area (Å²) < 4.78 is 24.3. The summed E-state index contributed by atoms with van der Waals surface area (Å²) in [6.45, 7) is 4.30. The van der Waals surface area contributed by atoms with Gasteiger partial charge in [-0.2, -0.15) is 8.42 Å². The molecule has 10 nitrogen and oxygen atoms in total. The van der Waals surface area contributed by atoms with Crippen LogP contribution in [0.25, 0.3) is 0 Å². The molecule has 3 rings (SSSR count). The number of thioether (sulfide) groups is 1. The van der Waals surface area contributed by atoms with Crippen LogP contribution in [-0.4, -0.2) is 77.4 Å². The van der Waals surface area contributed by atoms with Crippen molar-refractivity contribution in [1.29, 1.82) is 0 Å². The third kappa shape index (κ3) is 3.97. The molecule has 3 aliphatic heterocycles. The normalized spacial score (nSPS) is 37.3. The fraction of sp³-hybridized carbons (Fsp3) is 0.800. The van der Waals surface area contributed by atoms with Crippen LogP contribution in [0.1, 0.15) is 20.3 Å². The van der Waals surface area contributed by atoms with Crippen LogP contribution in [0.4, 0.5) is 0 Å². The number of hydrogen-bond donors (Lipinski definition) is 6. The number of aliphatic hydroxyl groups is 2. The summed E-state index contributed by atoms with van der Waals surface area (Å²) in [5.41, 5.74) is 0.105. The maximum atomic E-state index is 11.8. The topological polar surface area (TPSA) is 165 Å². The molecule has 7 atom stereocenters. The molecule has 3 aliphatic rings. The van der Waals surface area contributed by atoms with Gasteiger partial charge in [0.1, 0.15) is 11.9 Å². The summed E-state index contributed by atoms with van der Waals surface area (Å²) in [7, 11) is -3.75. The lowest BCUT2D eigenvalue weighted by molar-refractivity contribution is -0.192. The standard InChI is InChI=1S/C15H26N4O6S2/c1-6-11-10(7(2)20)14(21)19(11)12(15(22)23)13(6)26-9-3-8(17-5-9)4-18-27(16,24)25/h6-11,14,17-18,20-21H,3-5H2,1-2H3,(H,22,23)(H2,16,24,25)/t6-,7-,8+,9+,10-,11-,14?/m1/s1. The lowest BCUT2D eigenvalue weighted by Crippen LogP contribution is -2.66. The molecular weight excluding hydrogens is 396 g/mol. The number of nitrogens with one attached hydrogen (secondary N) is 2. The summed E-state index contributed by atoms with van der Waals surface area (Å²) >= 11 is 1.45. The van der Waals surface area contributed by atoms with Crippen molar-refractivity contribution in [2.45, 2.75) is 49.9 Å². The molecule has 0 spiro atoms. The van der Waals surface area contributed by atoms with Crippen molar-refractivity contribution in [3.63, 3.8) is 0 Å². The predicted octanol–water partition coefficient (Wildman–Crippen LogP) is -1.81. The zero-order chi connectivity index (χ0) is 20.1. The first-order valence-electron chi connectivity index (χ1n) is 8.80. The number of carboxylic acid groups (broad SMARTS) is 1. The summed E-state index contributed by atoms with van der Waals surface area (Å²) in [6, 6.07) is -0.318. The number of nitrogens with two attached hydrogens (primary N) is 1. The van der Waals surface area contributed by atoms with Crippen LogP contribution in [0.15, 0.2) is 10.6 Å². The molecule has 0 radical (unpaired) electrons. The highest BCUT2D eigenvalue weighted by atomic mass is 32.2. The van der Waals surface area contributed by atoms with Gasteiger partial charge in [-0.3, -0.25) is 0 Å². The molecule has 2 fully saturated rings. The molecular formula is C15H26N4O6S2. The van der Waals surface area contributed by atoms with E-state index in [9.17, 15) is 28.5 Å². The van der Waals surface area contributed by atoms with Gasteiger partial charge in [0.25, 0.3) is 10.2 Å². The van der Waals surface area contributed by atoms with E-state index in [1.165, 1.54) is 16.7 Å². The minimum atomic E-state index is -3.75. The summed E-state index contributed by atoms with van der Waals surface area (Å²) in [5.74, 6) is -1.60. The number of hydrogen-bond acceptors (Lipinski definition) is 8. The third-order valence-electron chi connectivity index (χ3n) is 5.53. The minimum absolute atomic E-state index is 0.0740. The van der Waals surface area contributed by atoms with Crippen molar-refractivity contribution < 1.29 is 28.5 Å². The molecule has 0 aliphatic carbocycles. The Morgan fingerprint density at radius 2 is 2.19 bits per heavy atom. The van der Waals surface area contributed by atoms with Crippen molar-refractivity contribution in [3.05, 3.63) is 10.6 Å². The van der Waals surface area contributed by atoms with Crippen molar-refractivity contribution >= 4 is 27.9 Å². The van der Waals surface area contributed by atoms with Gasteiger partial charge in [-0.15, -0.1) is 11.8 Å². The van der Waals surface area contributed by atoms with Crippen LogP contribution in [0.3, 0.4) is 0 Å². The molecule has 0 saturated carbocycles. The Morgan fingerprint density at radius 1 is 1.52 bits per heavy atom. The zero-order valence-electron chi connectivity index (χ0n) is 15.1. The van der Waals surface area contributed by atoms with E-state index in [-0.39, 0.29) is 41.4 Å². The second kappa shape index (κ2) is 7.50. The van der Waals surface area contributed by atoms with E-state index < -0.39 is 28.5 Å². The maximum Gasteiger partial charge on any atom is 0.353 e. The first-order chi connectivity index (χ1) is 12.5. The number of aliphatic hydroxyl groups excluding tert-OH is 2. The van der Waals surface area contributed by atoms with Crippen LogP contribution in [-0.2, 0) is 15.0 Å². The largest absolute Gasteiger partial charge is 0.477 e. The van der Waals surface area contributed by atoms with Gasteiger partial charge in [0.15, 0.2) is 0 Å². The second-order valence-corrected chi connectivity index (χ2v) is 10.1. The van der Waals surface area contributed by atoms with Crippen molar-refractivity contribution in [2.75, 3.05) is 13.1 Å². The zero-order valence-corrected chi connectivity index (χ0v) is 16.7. The monoisotopic (exact) mass is 422 g/mol. The van der Waals surface area contributed by atoms with Crippen molar-refractivity contribution in [2.24, 2.45) is 17.0 Å². The van der Waals surface area contributed by atoms with Crippen molar-refractivity contribution in [1.82, 2.24) is 14.9 Å². The van der Waals surface area contributed by atoms with Gasteiger partial charge < -0.3 is 25.5 Å². The molecule has 1 unspecified atom stereocenters. The first-order valence-corrected chi connectivity index (χ1v) is 11.2. The molecule has 0 amide bonds. The maximum absolute atomic E-state index is 11.8. The Labute approximate surface area is 162 Å². The van der Waals surface area contributed by atoms with Gasteiger partial charge >= 0.3 is 5.97 Å². The number of fused-ring (bicyclic) bond motifs is 1. The van der Waals surface area contributed by atoms with Crippen LogP contribution < -0.4 is 15.2 Å². The number of rotatable bonds is 7. The molecule has 0 bridgehead atoms. The SMILES string of the molecule is C[C@@H](O)[C@H]1C(O)N2C(C(=O)O)=C(S[C@@H]3CN[C@H](CNS(N)(=O)=O)C3)[C@H](C)[C@H]12. The molecule has 7 N–H and O–H groups in total. The highest BCUT2D eigenvalue weighted by Crippen LogP contribution is 2.53. The minimum Gasteiger partial charge on any atom is -0.477 e. The van der Waals surface area contributed by atoms with E-state index in [1.807, 2.05) is 6.92 Å². The molecule has 154 valence electrons. The Morgan fingerprint density at radius 3 is 2.74 bits per heavy atom. The fourth-order valence-electron chi connectivity index (χ4n) is 4.31. The van der Waals surface area contributed by atoms with E-state index in [1.54, 1.807) is 6.92 Å². The predicted molar refractivity (Wildman–Crippen MR) is 99.5 cm³/mol. The van der Waals surface area contributed by atoms with Crippen LogP contribution in [0.2, 0.25) is 0 Å². The molecule has 2 saturated heterocycles. The van der Waals surface area contributed by atoms with E-state index in [0.29, 0.717) is 17.9 Å². The molecule has 27 heavy (non-hydrogen) atoms. The fourth-order valence-corrected chi connectivity index (χ4v) is 6.27. The van der Waals surface area contributed by atoms with Crippen LogP contribution in [0.5, 0.6) is 0 Å². The Kier molecular flexibility index (Phi) is 5.79. The smallest absolute Gasteiger partial charge is 0.353 e. The average Bonchev–Trinajstić information content (AvgIpc) is 3.07. The summed E-state index contributed by atoms with van der Waals surface area (Å²) in [4.78, 5) is 14.0. The highest BCUT2D eigenvalue weighted by molar-refractivity contribution is 8.03. The molecule has 0 aromatic carbocycles. The summed E-state index contributed by atoms with van der Waals surface area (Å²) in [6.07, 6.45) is -1.08. The number of nitrogens with zero attached hydrogens (tertiary/aromatic N) is 1. The van der Waals surface area contributed by atoms with Gasteiger partial charge in [-0.1, -0.05) is 6.92 Å². The van der Waals surface area contributed by atoms with Gasteiger partial charge in [-0.25, -0.2) is 14.7 Å². The van der Waals surface area contributed by atoms with E-state index in [2.05, 4.69) is 10.0 Å². The lowest BCUT2D eigenvalue weighted by Gasteiger charge is -2.53. The van der Waals surface area contributed by atoms with E-state index >= 15 is 0 Å². The van der Waals surface area contributed by atoms with Gasteiger partial charge in [-0.05, 0) is 13.3 Å². The number of carboxylic acids is 1. The lowest BCUT2D eigenvalue weighted by atomic mass is 9.78. The number of aliphatic carboxylic acids is 1. The summed E-state index contributed by atoms with van der Waals surface area (Å²) in [5, 5.41) is 38.1. The second-order valence-electron chi connectivity index (χ2n) is 7.41. The Hall–Kier alpha value is -0.890. The van der Waals surface area contributed by atoms with Gasteiger partial charge in [0.2, 0.25) is 0 Å². The van der Waals surface area contributed by atoms with Crippen LogP contribution in [0, 0.1) is 11.8 Å². The number of carbonyl (C=O) groups is 1. The average molecular weight is 423 g/mol. The van der Waals surface area contributed by atoms with Gasteiger partial charge in [0.05, 0.1) is 12.0 Å². The molecule has 12 heteroatoms. The Bertz CT molecular complexity index is 743. The van der Waals surface area contributed by atoms with Gasteiger partial charge in [0, 0.05) is 41.2 Å². The van der Waals surface area contributed by atoms with E-state index in [4.69, 9.17) is 5.14 Å². The quantitative estimate of drug-likeness (QED) is 0.277.